The number of fused-ring (bicyclic) bond motifs is 1. The van der Waals surface area contributed by atoms with Gasteiger partial charge in [0.2, 0.25) is 0 Å². The van der Waals surface area contributed by atoms with Crippen LogP contribution in [0.5, 0.6) is 11.5 Å². The number of hydrogen-bond donors (Lipinski definition) is 0. The molecule has 3 heteroatoms. The number of unbranched alkanes of at least 4 members (excludes halogenated alkanes) is 3. The van der Waals surface area contributed by atoms with E-state index in [9.17, 15) is 0 Å². The molecule has 0 aliphatic heterocycles. The average molecular weight is 335 g/mol. The molecule has 0 saturated heterocycles. The number of hydrogen-bond acceptors (Lipinski definition) is 3. The van der Waals surface area contributed by atoms with Crippen LogP contribution in [0.4, 0.5) is 0 Å². The summed E-state index contributed by atoms with van der Waals surface area (Å²) in [6, 6.07) is 18.2. The van der Waals surface area contributed by atoms with Crippen LogP contribution in [-0.2, 0) is 0 Å². The quantitative estimate of drug-likeness (QED) is 0.482. The third kappa shape index (κ3) is 4.50. The van der Waals surface area contributed by atoms with Crippen LogP contribution in [-0.4, -0.2) is 18.7 Å². The van der Waals surface area contributed by atoms with Crippen molar-refractivity contribution in [2.24, 2.45) is 0 Å². The molecule has 0 bridgehead atoms. The first-order valence-electron chi connectivity index (χ1n) is 8.98. The minimum absolute atomic E-state index is 0.787. The fraction of sp³-hybridized carbons (Fsp3) is 0.318. The lowest BCUT2D eigenvalue weighted by Gasteiger charge is -2.08. The van der Waals surface area contributed by atoms with E-state index < -0.39 is 0 Å². The Morgan fingerprint density at radius 2 is 1.64 bits per heavy atom. The van der Waals surface area contributed by atoms with E-state index >= 15 is 0 Å². The number of ether oxygens (including phenoxy) is 2. The summed E-state index contributed by atoms with van der Waals surface area (Å²) in [6.07, 6.45) is 4.88. The van der Waals surface area contributed by atoms with Crippen LogP contribution in [0.3, 0.4) is 0 Å². The fourth-order valence-corrected chi connectivity index (χ4v) is 2.83. The average Bonchev–Trinajstić information content (AvgIpc) is 2.67. The zero-order valence-electron chi connectivity index (χ0n) is 15.0. The second-order valence-corrected chi connectivity index (χ2v) is 6.19. The minimum atomic E-state index is 0.787. The third-order valence-electron chi connectivity index (χ3n) is 4.31. The van der Waals surface area contributed by atoms with Gasteiger partial charge in [-0.25, -0.2) is 4.98 Å². The van der Waals surface area contributed by atoms with Gasteiger partial charge in [-0.1, -0.05) is 32.3 Å². The summed E-state index contributed by atoms with van der Waals surface area (Å²) >= 11 is 0. The maximum Gasteiger partial charge on any atom is 0.119 e. The van der Waals surface area contributed by atoms with Gasteiger partial charge in [0, 0.05) is 10.9 Å². The lowest BCUT2D eigenvalue weighted by Crippen LogP contribution is -1.97. The van der Waals surface area contributed by atoms with E-state index in [1.165, 1.54) is 19.3 Å². The van der Waals surface area contributed by atoms with Crippen molar-refractivity contribution >= 4 is 10.9 Å². The zero-order chi connectivity index (χ0) is 17.5. The Hall–Kier alpha value is -2.55. The van der Waals surface area contributed by atoms with Crippen molar-refractivity contribution in [1.82, 2.24) is 4.98 Å². The van der Waals surface area contributed by atoms with E-state index in [-0.39, 0.29) is 0 Å². The molecule has 3 nitrogen and oxygen atoms in total. The van der Waals surface area contributed by atoms with E-state index in [2.05, 4.69) is 25.1 Å². The molecule has 130 valence electrons. The number of benzene rings is 2. The maximum atomic E-state index is 5.80. The van der Waals surface area contributed by atoms with Crippen LogP contribution >= 0.6 is 0 Å². The topological polar surface area (TPSA) is 31.4 Å². The summed E-state index contributed by atoms with van der Waals surface area (Å²) in [5.41, 5.74) is 3.03. The van der Waals surface area contributed by atoms with Gasteiger partial charge in [-0.05, 0) is 55.0 Å². The van der Waals surface area contributed by atoms with Crippen LogP contribution in [0.25, 0.3) is 22.2 Å². The molecule has 0 saturated carbocycles. The van der Waals surface area contributed by atoms with E-state index in [1.54, 1.807) is 7.11 Å². The Morgan fingerprint density at radius 3 is 2.40 bits per heavy atom. The molecule has 0 amide bonds. The SMILES string of the molecule is CCCCCCOc1ccc(-c2ccc3cc(OC)ccc3n2)cc1. The molecule has 0 unspecified atom stereocenters. The van der Waals surface area contributed by atoms with Crippen molar-refractivity contribution in [3.8, 4) is 22.8 Å². The predicted molar refractivity (Wildman–Crippen MR) is 103 cm³/mol. The summed E-state index contributed by atoms with van der Waals surface area (Å²) in [6.45, 7) is 3.01. The number of aromatic nitrogens is 1. The number of pyridine rings is 1. The Morgan fingerprint density at radius 1 is 0.840 bits per heavy atom. The molecule has 0 fully saturated rings. The standard InChI is InChI=1S/C22H25NO2/c1-3-4-5-6-15-25-19-10-7-17(8-11-19)21-13-9-18-16-20(24-2)12-14-22(18)23-21/h7-14,16H,3-6,15H2,1-2H3. The van der Waals surface area contributed by atoms with Gasteiger partial charge in [0.05, 0.1) is 24.9 Å². The molecule has 0 aliphatic carbocycles. The Labute approximate surface area is 149 Å². The largest absolute Gasteiger partial charge is 0.497 e. The second kappa shape index (κ2) is 8.52. The maximum absolute atomic E-state index is 5.80. The highest BCUT2D eigenvalue weighted by molar-refractivity contribution is 5.82. The molecule has 1 heterocycles. The van der Waals surface area contributed by atoms with Gasteiger partial charge < -0.3 is 9.47 Å². The summed E-state index contributed by atoms with van der Waals surface area (Å²) in [4.78, 5) is 4.75. The Bertz CT molecular complexity index is 812. The van der Waals surface area contributed by atoms with Crippen molar-refractivity contribution in [2.75, 3.05) is 13.7 Å². The molecule has 3 aromatic rings. The summed E-state index contributed by atoms with van der Waals surface area (Å²) < 4.78 is 11.1. The predicted octanol–water partition coefficient (Wildman–Crippen LogP) is 5.87. The van der Waals surface area contributed by atoms with Gasteiger partial charge in [0.25, 0.3) is 0 Å². The molecule has 0 aliphatic rings. The highest BCUT2D eigenvalue weighted by atomic mass is 16.5. The molecule has 25 heavy (non-hydrogen) atoms. The first-order valence-corrected chi connectivity index (χ1v) is 8.98. The molecule has 2 aromatic carbocycles. The van der Waals surface area contributed by atoms with Gasteiger partial charge in [0.15, 0.2) is 0 Å². The van der Waals surface area contributed by atoms with Crippen molar-refractivity contribution in [2.45, 2.75) is 32.6 Å². The first kappa shape index (κ1) is 17.3. The van der Waals surface area contributed by atoms with Crippen molar-refractivity contribution in [3.63, 3.8) is 0 Å². The number of nitrogens with zero attached hydrogens (tertiary/aromatic N) is 1. The number of rotatable bonds is 8. The summed E-state index contributed by atoms with van der Waals surface area (Å²) in [7, 11) is 1.68. The van der Waals surface area contributed by atoms with E-state index in [1.807, 2.05) is 36.4 Å². The zero-order valence-corrected chi connectivity index (χ0v) is 15.0. The minimum Gasteiger partial charge on any atom is -0.497 e. The second-order valence-electron chi connectivity index (χ2n) is 6.19. The summed E-state index contributed by atoms with van der Waals surface area (Å²) in [5, 5.41) is 1.08. The van der Waals surface area contributed by atoms with Crippen molar-refractivity contribution in [1.29, 1.82) is 0 Å². The molecule has 3 rings (SSSR count). The van der Waals surface area contributed by atoms with Gasteiger partial charge >= 0.3 is 0 Å². The van der Waals surface area contributed by atoms with Gasteiger partial charge in [-0.3, -0.25) is 0 Å². The fourth-order valence-electron chi connectivity index (χ4n) is 2.83. The summed E-state index contributed by atoms with van der Waals surface area (Å²) in [5.74, 6) is 1.77. The molecular formula is C22H25NO2. The molecule has 1 aromatic heterocycles. The third-order valence-corrected chi connectivity index (χ3v) is 4.31. The van der Waals surface area contributed by atoms with Crippen LogP contribution in [0.15, 0.2) is 54.6 Å². The van der Waals surface area contributed by atoms with Gasteiger partial charge in [-0.2, -0.15) is 0 Å². The highest BCUT2D eigenvalue weighted by Crippen LogP contribution is 2.25. The highest BCUT2D eigenvalue weighted by Gasteiger charge is 2.03. The van der Waals surface area contributed by atoms with E-state index in [0.29, 0.717) is 0 Å². The van der Waals surface area contributed by atoms with Crippen LogP contribution in [0, 0.1) is 0 Å². The Kier molecular flexibility index (Phi) is 5.89. The van der Waals surface area contributed by atoms with Crippen LogP contribution in [0.2, 0.25) is 0 Å². The van der Waals surface area contributed by atoms with Gasteiger partial charge in [-0.15, -0.1) is 0 Å². The van der Waals surface area contributed by atoms with Gasteiger partial charge in [0.1, 0.15) is 11.5 Å². The molecule has 0 spiro atoms. The molecule has 0 atom stereocenters. The normalized spacial score (nSPS) is 10.8. The molecule has 0 N–H and O–H groups in total. The first-order chi connectivity index (χ1) is 12.3. The number of methoxy groups -OCH3 is 1. The molecular weight excluding hydrogens is 310 g/mol. The lowest BCUT2D eigenvalue weighted by atomic mass is 10.1. The lowest BCUT2D eigenvalue weighted by molar-refractivity contribution is 0.305. The monoisotopic (exact) mass is 335 g/mol. The molecule has 0 radical (unpaired) electrons. The van der Waals surface area contributed by atoms with Crippen molar-refractivity contribution in [3.05, 3.63) is 54.6 Å². The van der Waals surface area contributed by atoms with E-state index in [0.717, 1.165) is 46.7 Å². The Balaban J connectivity index is 1.68. The van der Waals surface area contributed by atoms with Crippen LogP contribution in [0.1, 0.15) is 32.6 Å². The van der Waals surface area contributed by atoms with E-state index in [4.69, 9.17) is 14.5 Å². The smallest absolute Gasteiger partial charge is 0.119 e. The van der Waals surface area contributed by atoms with Crippen LogP contribution < -0.4 is 9.47 Å². The van der Waals surface area contributed by atoms with Crippen molar-refractivity contribution < 1.29 is 9.47 Å².